The molecule has 0 saturated carbocycles. The van der Waals surface area contributed by atoms with E-state index in [9.17, 15) is 9.59 Å². The lowest BCUT2D eigenvalue weighted by molar-refractivity contribution is -0.178. The van der Waals surface area contributed by atoms with Crippen molar-refractivity contribution in [3.05, 3.63) is 69.4 Å². The van der Waals surface area contributed by atoms with Gasteiger partial charge in [0.1, 0.15) is 0 Å². The second-order valence-electron chi connectivity index (χ2n) is 9.27. The van der Waals surface area contributed by atoms with Gasteiger partial charge in [0.15, 0.2) is 12.6 Å². The van der Waals surface area contributed by atoms with Crippen molar-refractivity contribution >= 4 is 23.5 Å². The summed E-state index contributed by atoms with van der Waals surface area (Å²) in [6, 6.07) is 12.5. The molecule has 3 atom stereocenters. The Morgan fingerprint density at radius 2 is 2.15 bits per heavy atom. The number of carbonyl (C=O) groups excluding carboxylic acids is 2. The number of nitrogens with zero attached hydrogens (tertiary/aromatic N) is 1. The molecule has 2 fully saturated rings. The van der Waals surface area contributed by atoms with Gasteiger partial charge in [0, 0.05) is 30.9 Å². The minimum atomic E-state index is -0.156. The van der Waals surface area contributed by atoms with Crippen LogP contribution in [0.1, 0.15) is 64.2 Å². The molecule has 1 unspecified atom stereocenters. The van der Waals surface area contributed by atoms with Crippen molar-refractivity contribution in [2.24, 2.45) is 0 Å². The SMILES string of the molecule is Cc1cccc(C[C@@H](C=C[C@H]2CCC(=O)N2CCCc2ccc(C=O)s2)OC2CCCCO2)c1. The van der Waals surface area contributed by atoms with Crippen LogP contribution in [0.25, 0.3) is 0 Å². The molecular formula is C28H35NO4S. The van der Waals surface area contributed by atoms with Crippen LogP contribution in [0.5, 0.6) is 0 Å². The maximum Gasteiger partial charge on any atom is 0.223 e. The average molecular weight is 482 g/mol. The van der Waals surface area contributed by atoms with Crippen molar-refractivity contribution in [1.82, 2.24) is 4.90 Å². The molecule has 2 saturated heterocycles. The smallest absolute Gasteiger partial charge is 0.223 e. The van der Waals surface area contributed by atoms with E-state index in [1.54, 1.807) is 0 Å². The Morgan fingerprint density at radius 1 is 1.24 bits per heavy atom. The summed E-state index contributed by atoms with van der Waals surface area (Å²) in [4.78, 5) is 27.4. The van der Waals surface area contributed by atoms with Crippen LogP contribution in [0, 0.1) is 6.92 Å². The summed E-state index contributed by atoms with van der Waals surface area (Å²) in [5.74, 6) is 0.223. The third-order valence-electron chi connectivity index (χ3n) is 6.53. The van der Waals surface area contributed by atoms with E-state index in [-0.39, 0.29) is 24.3 Å². The lowest BCUT2D eigenvalue weighted by Crippen LogP contribution is -2.33. The number of likely N-dealkylation sites (tertiary alicyclic amines) is 1. The predicted molar refractivity (Wildman–Crippen MR) is 135 cm³/mol. The van der Waals surface area contributed by atoms with E-state index in [1.165, 1.54) is 27.3 Å². The number of amides is 1. The van der Waals surface area contributed by atoms with Crippen molar-refractivity contribution < 1.29 is 19.1 Å². The van der Waals surface area contributed by atoms with Gasteiger partial charge in [0.05, 0.1) is 17.0 Å². The van der Waals surface area contributed by atoms with Gasteiger partial charge < -0.3 is 14.4 Å². The van der Waals surface area contributed by atoms with Crippen LogP contribution in [0.3, 0.4) is 0 Å². The Balaban J connectivity index is 1.38. The molecule has 6 heteroatoms. The summed E-state index contributed by atoms with van der Waals surface area (Å²) in [7, 11) is 0. The van der Waals surface area contributed by atoms with Gasteiger partial charge in [0.25, 0.3) is 0 Å². The molecule has 5 nitrogen and oxygen atoms in total. The number of hydrogen-bond acceptors (Lipinski definition) is 5. The second-order valence-corrected chi connectivity index (χ2v) is 10.5. The molecule has 0 spiro atoms. The summed E-state index contributed by atoms with van der Waals surface area (Å²) < 4.78 is 12.2. The van der Waals surface area contributed by atoms with E-state index in [1.807, 2.05) is 17.0 Å². The standard InChI is InChI=1S/C28H35NO4S/c1-21-6-4-7-22(18-21)19-24(33-28-9-2-3-17-32-28)12-10-23-11-15-27(31)29(23)16-5-8-25-13-14-26(20-30)34-25/h4,6-7,10,12-14,18,20,23-24,28H,2-3,5,8-9,11,15-17,19H2,1H3/t23-,24+,28?/m0/s1. The number of hydrogen-bond donors (Lipinski definition) is 0. The number of benzene rings is 1. The lowest BCUT2D eigenvalue weighted by atomic mass is 10.0. The Labute approximate surface area is 206 Å². The fourth-order valence-corrected chi connectivity index (χ4v) is 5.63. The van der Waals surface area contributed by atoms with Gasteiger partial charge in [-0.3, -0.25) is 9.59 Å². The maximum atomic E-state index is 12.6. The van der Waals surface area contributed by atoms with E-state index in [0.29, 0.717) is 6.42 Å². The first-order valence-electron chi connectivity index (χ1n) is 12.4. The number of ether oxygens (including phenoxy) is 2. The minimum Gasteiger partial charge on any atom is -0.353 e. The number of aryl methyl sites for hydroxylation is 2. The van der Waals surface area contributed by atoms with Crippen molar-refractivity contribution in [2.45, 2.75) is 76.7 Å². The molecule has 0 bridgehead atoms. The quantitative estimate of drug-likeness (QED) is 0.314. The fraction of sp³-hybridized carbons (Fsp3) is 0.500. The number of thiophene rings is 1. The third kappa shape index (κ3) is 7.11. The van der Waals surface area contributed by atoms with E-state index >= 15 is 0 Å². The Hall–Kier alpha value is -2.28. The van der Waals surface area contributed by atoms with Crippen LogP contribution < -0.4 is 0 Å². The van der Waals surface area contributed by atoms with Gasteiger partial charge in [-0.25, -0.2) is 0 Å². The van der Waals surface area contributed by atoms with Crippen LogP contribution in [-0.2, 0) is 27.1 Å². The summed E-state index contributed by atoms with van der Waals surface area (Å²) in [5, 5.41) is 0. The molecule has 1 aromatic carbocycles. The first-order chi connectivity index (χ1) is 16.6. The zero-order valence-electron chi connectivity index (χ0n) is 20.0. The van der Waals surface area contributed by atoms with Gasteiger partial charge in [0.2, 0.25) is 5.91 Å². The largest absolute Gasteiger partial charge is 0.353 e. The molecular weight excluding hydrogens is 446 g/mol. The van der Waals surface area contributed by atoms with E-state index in [0.717, 1.165) is 69.3 Å². The Kier molecular flexibility index (Phi) is 9.08. The lowest BCUT2D eigenvalue weighted by Gasteiger charge is -2.27. The van der Waals surface area contributed by atoms with E-state index in [2.05, 4.69) is 43.3 Å². The van der Waals surface area contributed by atoms with Crippen molar-refractivity contribution in [1.29, 1.82) is 0 Å². The molecule has 1 aromatic heterocycles. The molecule has 2 aromatic rings. The summed E-state index contributed by atoms with van der Waals surface area (Å²) in [6.07, 6.45) is 12.1. The first kappa shape index (κ1) is 24.8. The van der Waals surface area contributed by atoms with Crippen LogP contribution in [-0.4, -0.2) is 48.7 Å². The van der Waals surface area contributed by atoms with Crippen molar-refractivity contribution in [3.63, 3.8) is 0 Å². The topological polar surface area (TPSA) is 55.8 Å². The molecule has 0 N–H and O–H groups in total. The highest BCUT2D eigenvalue weighted by Crippen LogP contribution is 2.24. The predicted octanol–water partition coefficient (Wildman–Crippen LogP) is 5.50. The van der Waals surface area contributed by atoms with Gasteiger partial charge in [-0.1, -0.05) is 42.0 Å². The molecule has 4 rings (SSSR count). The maximum absolute atomic E-state index is 12.6. The minimum absolute atomic E-state index is 0.0877. The van der Waals surface area contributed by atoms with Crippen LogP contribution in [0.15, 0.2) is 48.6 Å². The molecule has 0 radical (unpaired) electrons. The number of aldehydes is 1. The van der Waals surface area contributed by atoms with Gasteiger partial charge in [-0.15, -0.1) is 11.3 Å². The van der Waals surface area contributed by atoms with Crippen LogP contribution in [0.4, 0.5) is 0 Å². The van der Waals surface area contributed by atoms with Gasteiger partial charge in [-0.2, -0.15) is 0 Å². The number of carbonyl (C=O) groups is 2. The van der Waals surface area contributed by atoms with E-state index in [4.69, 9.17) is 9.47 Å². The molecule has 34 heavy (non-hydrogen) atoms. The summed E-state index contributed by atoms with van der Waals surface area (Å²) >= 11 is 1.54. The number of rotatable bonds is 11. The molecule has 1 amide bonds. The molecule has 0 aliphatic carbocycles. The van der Waals surface area contributed by atoms with Crippen molar-refractivity contribution in [2.75, 3.05) is 13.2 Å². The monoisotopic (exact) mass is 481 g/mol. The average Bonchev–Trinajstić information content (AvgIpc) is 3.45. The van der Waals surface area contributed by atoms with Crippen molar-refractivity contribution in [3.8, 4) is 0 Å². The zero-order chi connectivity index (χ0) is 23.8. The molecule has 2 aliphatic heterocycles. The molecule has 3 heterocycles. The van der Waals surface area contributed by atoms with Gasteiger partial charge >= 0.3 is 0 Å². The molecule has 182 valence electrons. The normalized spacial score (nSPS) is 21.9. The second kappa shape index (κ2) is 12.4. The fourth-order valence-electron chi connectivity index (χ4n) is 4.76. The van der Waals surface area contributed by atoms with Crippen LogP contribution >= 0.6 is 11.3 Å². The Morgan fingerprint density at radius 3 is 2.91 bits per heavy atom. The van der Waals surface area contributed by atoms with E-state index < -0.39 is 0 Å². The molecule has 2 aliphatic rings. The summed E-state index contributed by atoms with van der Waals surface area (Å²) in [5.41, 5.74) is 2.49. The first-order valence-corrected chi connectivity index (χ1v) is 13.3. The summed E-state index contributed by atoms with van der Waals surface area (Å²) in [6.45, 7) is 3.60. The Bertz CT molecular complexity index is 978. The zero-order valence-corrected chi connectivity index (χ0v) is 20.8. The third-order valence-corrected chi connectivity index (χ3v) is 7.60. The highest BCUT2D eigenvalue weighted by Gasteiger charge is 2.29. The van der Waals surface area contributed by atoms with Crippen LogP contribution in [0.2, 0.25) is 0 Å². The highest BCUT2D eigenvalue weighted by atomic mass is 32.1. The highest BCUT2D eigenvalue weighted by molar-refractivity contribution is 7.13. The van der Waals surface area contributed by atoms with Gasteiger partial charge in [-0.05, 0) is 63.1 Å².